The van der Waals surface area contributed by atoms with Gasteiger partial charge in [-0.1, -0.05) is 24.6 Å². The fourth-order valence-electron chi connectivity index (χ4n) is 4.30. The summed E-state index contributed by atoms with van der Waals surface area (Å²) in [7, 11) is 0. The van der Waals surface area contributed by atoms with E-state index in [0.29, 0.717) is 36.0 Å². The Labute approximate surface area is 185 Å². The number of anilines is 1. The quantitative estimate of drug-likeness (QED) is 0.494. The van der Waals surface area contributed by atoms with Gasteiger partial charge in [0.2, 0.25) is 0 Å². The highest BCUT2D eigenvalue weighted by Gasteiger charge is 2.23. The van der Waals surface area contributed by atoms with E-state index in [-0.39, 0.29) is 6.61 Å². The van der Waals surface area contributed by atoms with Crippen molar-refractivity contribution < 1.29 is 23.8 Å². The third-order valence-corrected chi connectivity index (χ3v) is 5.78. The number of nitrogens with one attached hydrogen (secondary N) is 1. The number of aryl methyl sites for hydroxylation is 1. The van der Waals surface area contributed by atoms with Gasteiger partial charge in [0.1, 0.15) is 13.2 Å². The Hall–Kier alpha value is -3.61. The second-order valence-electron chi connectivity index (χ2n) is 7.97. The largest absolute Gasteiger partial charge is 0.486 e. The van der Waals surface area contributed by atoms with E-state index in [9.17, 15) is 9.59 Å². The maximum atomic E-state index is 13.1. The maximum Gasteiger partial charge on any atom is 0.339 e. The number of benzene rings is 2. The lowest BCUT2D eigenvalue weighted by Gasteiger charge is -2.19. The molecule has 0 unspecified atom stereocenters. The van der Waals surface area contributed by atoms with Crippen LogP contribution >= 0.6 is 0 Å². The number of para-hydroxylation sites is 1. The summed E-state index contributed by atoms with van der Waals surface area (Å²) in [6.45, 7) is 0.590. The Morgan fingerprint density at radius 3 is 2.69 bits per heavy atom. The number of pyridine rings is 1. The van der Waals surface area contributed by atoms with Crippen molar-refractivity contribution in [3.05, 3.63) is 59.3 Å². The smallest absolute Gasteiger partial charge is 0.339 e. The minimum absolute atomic E-state index is 0.376. The summed E-state index contributed by atoms with van der Waals surface area (Å²) < 4.78 is 16.5. The van der Waals surface area contributed by atoms with E-state index < -0.39 is 11.9 Å². The Balaban J connectivity index is 1.33. The molecule has 2 heterocycles. The first-order chi connectivity index (χ1) is 15.7. The lowest BCUT2D eigenvalue weighted by molar-refractivity contribution is -0.119. The molecule has 0 spiro atoms. The molecule has 32 heavy (non-hydrogen) atoms. The molecule has 1 amide bonds. The van der Waals surface area contributed by atoms with Gasteiger partial charge in [-0.15, -0.1) is 0 Å². The number of fused-ring (bicyclic) bond motifs is 3. The number of rotatable bonds is 4. The highest BCUT2D eigenvalue weighted by atomic mass is 16.6. The number of hydrogen-bond acceptors (Lipinski definition) is 6. The van der Waals surface area contributed by atoms with E-state index in [4.69, 9.17) is 19.2 Å². The Morgan fingerprint density at radius 1 is 0.969 bits per heavy atom. The number of hydrogen-bond donors (Lipinski definition) is 1. The molecule has 7 heteroatoms. The van der Waals surface area contributed by atoms with Gasteiger partial charge in [0.15, 0.2) is 18.1 Å². The maximum absolute atomic E-state index is 13.1. The van der Waals surface area contributed by atoms with Crippen LogP contribution in [0.2, 0.25) is 0 Å². The van der Waals surface area contributed by atoms with Gasteiger partial charge >= 0.3 is 5.97 Å². The molecule has 0 radical (unpaired) electrons. The van der Waals surface area contributed by atoms with Crippen LogP contribution in [0.1, 0.15) is 40.9 Å². The van der Waals surface area contributed by atoms with Crippen LogP contribution in [0.4, 0.5) is 5.69 Å². The molecule has 0 bridgehead atoms. The molecule has 2 aromatic carbocycles. The highest BCUT2D eigenvalue weighted by molar-refractivity contribution is 6.06. The predicted octanol–water partition coefficient (Wildman–Crippen LogP) is 4.07. The Morgan fingerprint density at radius 2 is 1.78 bits per heavy atom. The van der Waals surface area contributed by atoms with Crippen LogP contribution < -0.4 is 14.8 Å². The lowest BCUT2D eigenvalue weighted by Crippen LogP contribution is -2.22. The van der Waals surface area contributed by atoms with Gasteiger partial charge in [-0.2, -0.15) is 0 Å². The summed E-state index contributed by atoms with van der Waals surface area (Å²) >= 11 is 0. The predicted molar refractivity (Wildman–Crippen MR) is 119 cm³/mol. The van der Waals surface area contributed by atoms with Gasteiger partial charge in [-0.3, -0.25) is 9.78 Å². The van der Waals surface area contributed by atoms with Crippen molar-refractivity contribution in [2.24, 2.45) is 0 Å². The van der Waals surface area contributed by atoms with Crippen molar-refractivity contribution in [1.29, 1.82) is 0 Å². The number of esters is 1. The molecule has 0 saturated carbocycles. The summed E-state index contributed by atoms with van der Waals surface area (Å²) in [5.74, 6) is 0.321. The van der Waals surface area contributed by atoms with Gasteiger partial charge in [0.05, 0.1) is 11.1 Å². The number of amides is 1. The van der Waals surface area contributed by atoms with Gasteiger partial charge < -0.3 is 19.5 Å². The molecule has 1 aliphatic carbocycles. The van der Waals surface area contributed by atoms with Crippen molar-refractivity contribution >= 4 is 28.5 Å². The number of carbonyl (C=O) groups is 2. The summed E-state index contributed by atoms with van der Waals surface area (Å²) in [4.78, 5) is 30.4. The van der Waals surface area contributed by atoms with Gasteiger partial charge in [0.25, 0.3) is 5.91 Å². The third kappa shape index (κ3) is 4.10. The molecule has 2 aliphatic rings. The van der Waals surface area contributed by atoms with Gasteiger partial charge in [-0.05, 0) is 49.4 Å². The standard InChI is InChI=1S/C25H24N2O5/c28-23(26-16-10-11-21-22(14-16)31-13-12-30-21)15-32-25(29)24-17-6-2-1-3-8-19(17)27-20-9-5-4-7-18(20)24/h4-5,7,9-11,14H,1-3,6,8,12-13,15H2,(H,26,28). The van der Waals surface area contributed by atoms with Crippen molar-refractivity contribution in [2.75, 3.05) is 25.1 Å². The SMILES string of the molecule is O=C(COC(=O)c1c2c(nc3ccccc13)CCCCC2)Nc1ccc2c(c1)OCCO2. The van der Waals surface area contributed by atoms with Crippen LogP contribution in [0.15, 0.2) is 42.5 Å². The molecule has 1 N–H and O–H groups in total. The van der Waals surface area contributed by atoms with E-state index >= 15 is 0 Å². The Bertz CT molecular complexity index is 1190. The molecule has 0 fully saturated rings. The van der Waals surface area contributed by atoms with E-state index in [1.165, 1.54) is 0 Å². The molecule has 1 aliphatic heterocycles. The molecule has 7 nitrogen and oxygen atoms in total. The minimum atomic E-state index is -0.487. The second-order valence-corrected chi connectivity index (χ2v) is 7.97. The summed E-state index contributed by atoms with van der Waals surface area (Å²) in [6, 6.07) is 12.8. The number of aromatic nitrogens is 1. The number of carbonyl (C=O) groups excluding carboxylic acids is 2. The van der Waals surface area contributed by atoms with Crippen molar-refractivity contribution in [1.82, 2.24) is 4.98 Å². The first-order valence-corrected chi connectivity index (χ1v) is 11.0. The van der Waals surface area contributed by atoms with Crippen LogP contribution in [0, 0.1) is 0 Å². The normalized spacial score (nSPS) is 14.9. The molecule has 164 valence electrons. The average Bonchev–Trinajstić information content (AvgIpc) is 3.06. The van der Waals surface area contributed by atoms with Gasteiger partial charge in [0, 0.05) is 22.8 Å². The minimum Gasteiger partial charge on any atom is -0.486 e. The molecular weight excluding hydrogens is 408 g/mol. The van der Waals surface area contributed by atoms with Crippen molar-refractivity contribution in [3.63, 3.8) is 0 Å². The van der Waals surface area contributed by atoms with E-state index in [1.807, 2.05) is 24.3 Å². The van der Waals surface area contributed by atoms with E-state index in [2.05, 4.69) is 5.32 Å². The summed E-state index contributed by atoms with van der Waals surface area (Å²) in [6.07, 6.45) is 4.83. The highest BCUT2D eigenvalue weighted by Crippen LogP contribution is 2.33. The first kappa shape index (κ1) is 20.3. The van der Waals surface area contributed by atoms with Crippen LogP contribution in [0.3, 0.4) is 0 Å². The average molecular weight is 432 g/mol. The monoisotopic (exact) mass is 432 g/mol. The molecule has 1 aromatic heterocycles. The topological polar surface area (TPSA) is 86.8 Å². The van der Waals surface area contributed by atoms with Crippen LogP contribution in [0.5, 0.6) is 11.5 Å². The molecule has 0 saturated heterocycles. The number of nitrogens with zero attached hydrogens (tertiary/aromatic N) is 1. The first-order valence-electron chi connectivity index (χ1n) is 11.0. The zero-order valence-corrected chi connectivity index (χ0v) is 17.7. The lowest BCUT2D eigenvalue weighted by atomic mass is 9.97. The summed E-state index contributed by atoms with van der Waals surface area (Å²) in [5.41, 5.74) is 3.80. The van der Waals surface area contributed by atoms with E-state index in [0.717, 1.165) is 54.3 Å². The fraction of sp³-hybridized carbons (Fsp3) is 0.320. The fourth-order valence-corrected chi connectivity index (χ4v) is 4.30. The molecular formula is C25H24N2O5. The number of ether oxygens (including phenoxy) is 3. The molecule has 5 rings (SSSR count). The van der Waals surface area contributed by atoms with Crippen molar-refractivity contribution in [3.8, 4) is 11.5 Å². The molecule has 0 atom stereocenters. The Kier molecular flexibility index (Phi) is 5.62. The van der Waals surface area contributed by atoms with E-state index in [1.54, 1.807) is 18.2 Å². The zero-order valence-electron chi connectivity index (χ0n) is 17.7. The zero-order chi connectivity index (χ0) is 21.9. The van der Waals surface area contributed by atoms with Crippen LogP contribution in [-0.4, -0.2) is 36.7 Å². The summed E-state index contributed by atoms with van der Waals surface area (Å²) in [5, 5.41) is 3.51. The van der Waals surface area contributed by atoms with Crippen LogP contribution in [-0.2, 0) is 22.4 Å². The molecule has 3 aromatic rings. The second kappa shape index (κ2) is 8.86. The third-order valence-electron chi connectivity index (χ3n) is 5.78. The van der Waals surface area contributed by atoms with Gasteiger partial charge in [-0.25, -0.2) is 4.79 Å². The van der Waals surface area contributed by atoms with Crippen LogP contribution in [0.25, 0.3) is 10.9 Å². The van der Waals surface area contributed by atoms with Crippen molar-refractivity contribution in [2.45, 2.75) is 32.1 Å².